The van der Waals surface area contributed by atoms with Crippen LogP contribution in [0.3, 0.4) is 0 Å². The third kappa shape index (κ3) is 2.39. The van der Waals surface area contributed by atoms with Gasteiger partial charge in [-0.2, -0.15) is 0 Å². The molecule has 0 unspecified atom stereocenters. The second-order valence-electron chi connectivity index (χ2n) is 3.65. The zero-order chi connectivity index (χ0) is 13.8. The Bertz CT molecular complexity index is 633. The van der Waals surface area contributed by atoms with E-state index >= 15 is 0 Å². The number of carbonyl (C=O) groups excluding carboxylic acids is 1. The molecule has 1 aromatic carbocycles. The number of hydrogen-bond acceptors (Lipinski definition) is 6. The number of ether oxygens (including phenoxy) is 2. The van der Waals surface area contributed by atoms with Gasteiger partial charge in [-0.15, -0.1) is 11.3 Å². The van der Waals surface area contributed by atoms with Crippen LogP contribution >= 0.6 is 11.3 Å². The lowest BCUT2D eigenvalue weighted by atomic mass is 10.1. The van der Waals surface area contributed by atoms with Crippen molar-refractivity contribution in [2.24, 2.45) is 5.16 Å². The van der Waals surface area contributed by atoms with Crippen molar-refractivity contribution in [1.29, 1.82) is 0 Å². The molecule has 0 aliphatic heterocycles. The van der Waals surface area contributed by atoms with Gasteiger partial charge in [0, 0.05) is 21.0 Å². The fourth-order valence-corrected chi connectivity index (χ4v) is 2.76. The van der Waals surface area contributed by atoms with Crippen molar-refractivity contribution in [3.05, 3.63) is 29.1 Å². The number of fused-ring (bicyclic) bond motifs is 1. The van der Waals surface area contributed by atoms with Crippen LogP contribution in [0.5, 0.6) is 5.75 Å². The lowest BCUT2D eigenvalue weighted by Crippen LogP contribution is -2.18. The lowest BCUT2D eigenvalue weighted by molar-refractivity contribution is -0.135. The van der Waals surface area contributed by atoms with Crippen molar-refractivity contribution < 1.29 is 19.5 Å². The van der Waals surface area contributed by atoms with Gasteiger partial charge in [-0.1, -0.05) is 11.2 Å². The van der Waals surface area contributed by atoms with E-state index in [0.29, 0.717) is 11.3 Å². The van der Waals surface area contributed by atoms with E-state index in [0.717, 1.165) is 10.1 Å². The van der Waals surface area contributed by atoms with Gasteiger partial charge in [0.2, 0.25) is 0 Å². The monoisotopic (exact) mass is 279 g/mol. The fraction of sp³-hybridized carbons (Fsp3) is 0.231. The average molecular weight is 279 g/mol. The summed E-state index contributed by atoms with van der Waals surface area (Å²) in [5.74, 6) is -0.0326. The molecule has 1 aromatic heterocycles. The quantitative estimate of drug-likeness (QED) is 0.404. The predicted octanol–water partition coefficient (Wildman–Crippen LogP) is 2.65. The molecular formula is C13H13NO4S. The Kier molecular flexibility index (Phi) is 4.01. The number of thiophene rings is 1. The van der Waals surface area contributed by atoms with Crippen molar-refractivity contribution in [3.63, 3.8) is 0 Å². The van der Waals surface area contributed by atoms with E-state index in [2.05, 4.69) is 5.16 Å². The normalized spacial score (nSPS) is 11.6. The molecule has 0 aliphatic rings. The topological polar surface area (TPSA) is 68.1 Å². The third-order valence-corrected chi connectivity index (χ3v) is 3.55. The van der Waals surface area contributed by atoms with Crippen LogP contribution in [0.15, 0.2) is 28.7 Å². The van der Waals surface area contributed by atoms with Gasteiger partial charge in [-0.05, 0) is 19.1 Å². The molecule has 0 amide bonds. The summed E-state index contributed by atoms with van der Waals surface area (Å²) in [5.41, 5.74) is 0.399. The highest BCUT2D eigenvalue weighted by molar-refractivity contribution is 7.17. The minimum Gasteiger partial charge on any atom is -0.496 e. The molecule has 0 atom stereocenters. The van der Waals surface area contributed by atoms with Gasteiger partial charge in [0.05, 0.1) is 13.7 Å². The molecular weight excluding hydrogens is 266 g/mol. The summed E-state index contributed by atoms with van der Waals surface area (Å²) < 4.78 is 11.1. The first-order chi connectivity index (χ1) is 9.22. The van der Waals surface area contributed by atoms with Crippen molar-refractivity contribution >= 4 is 33.1 Å². The molecule has 1 heterocycles. The standard InChI is InChI=1S/C13H13NO4S/c1-3-18-13(15)12(14-16)8-7-19-10-6-4-5-9(17-2)11(8)10/h4-7,16H,3H2,1-2H3. The maximum absolute atomic E-state index is 11.8. The van der Waals surface area contributed by atoms with Gasteiger partial charge in [0.1, 0.15) is 5.75 Å². The molecule has 6 heteroatoms. The molecule has 0 radical (unpaired) electrons. The lowest BCUT2D eigenvalue weighted by Gasteiger charge is -2.06. The number of rotatable bonds is 4. The molecule has 0 bridgehead atoms. The number of benzene rings is 1. The Hall–Kier alpha value is -2.08. The Balaban J connectivity index is 2.59. The minimum atomic E-state index is -0.657. The Morgan fingerprint density at radius 2 is 2.26 bits per heavy atom. The molecule has 0 saturated heterocycles. The summed E-state index contributed by atoms with van der Waals surface area (Å²) in [4.78, 5) is 11.8. The second-order valence-corrected chi connectivity index (χ2v) is 4.56. The minimum absolute atomic E-state index is 0.113. The summed E-state index contributed by atoms with van der Waals surface area (Å²) in [6, 6.07) is 5.56. The highest BCUT2D eigenvalue weighted by atomic mass is 32.1. The SMILES string of the molecule is CCOC(=O)C(=NO)c1csc2cccc(OC)c12. The van der Waals surface area contributed by atoms with Crippen LogP contribution in [0.25, 0.3) is 10.1 Å². The summed E-state index contributed by atoms with van der Waals surface area (Å²) >= 11 is 1.44. The number of methoxy groups -OCH3 is 1. The number of esters is 1. The first kappa shape index (κ1) is 13.4. The van der Waals surface area contributed by atoms with Crippen LogP contribution < -0.4 is 4.74 Å². The molecule has 19 heavy (non-hydrogen) atoms. The molecule has 100 valence electrons. The fourth-order valence-electron chi connectivity index (χ4n) is 1.80. The maximum atomic E-state index is 11.8. The Morgan fingerprint density at radius 1 is 1.47 bits per heavy atom. The van der Waals surface area contributed by atoms with Gasteiger partial charge in [-0.3, -0.25) is 0 Å². The van der Waals surface area contributed by atoms with E-state index in [9.17, 15) is 4.79 Å². The first-order valence-corrected chi connectivity index (χ1v) is 6.54. The van der Waals surface area contributed by atoms with E-state index < -0.39 is 5.97 Å². The van der Waals surface area contributed by atoms with Crippen LogP contribution in [0, 0.1) is 0 Å². The zero-order valence-corrected chi connectivity index (χ0v) is 11.4. The van der Waals surface area contributed by atoms with Crippen molar-refractivity contribution in [2.45, 2.75) is 6.92 Å². The van der Waals surface area contributed by atoms with E-state index in [1.807, 2.05) is 12.1 Å². The number of nitrogens with zero attached hydrogens (tertiary/aromatic N) is 1. The summed E-state index contributed by atoms with van der Waals surface area (Å²) in [7, 11) is 1.55. The van der Waals surface area contributed by atoms with Gasteiger partial charge in [0.15, 0.2) is 5.71 Å². The van der Waals surface area contributed by atoms with Gasteiger partial charge in [0.25, 0.3) is 0 Å². The highest BCUT2D eigenvalue weighted by Crippen LogP contribution is 2.34. The van der Waals surface area contributed by atoms with Crippen LogP contribution in [-0.4, -0.2) is 30.6 Å². The zero-order valence-electron chi connectivity index (χ0n) is 10.5. The highest BCUT2D eigenvalue weighted by Gasteiger charge is 2.21. The third-order valence-electron chi connectivity index (χ3n) is 2.60. The van der Waals surface area contributed by atoms with Crippen LogP contribution in [0.2, 0.25) is 0 Å². The van der Waals surface area contributed by atoms with E-state index in [1.165, 1.54) is 11.3 Å². The summed E-state index contributed by atoms with van der Waals surface area (Å²) in [5, 5.41) is 14.6. The molecule has 5 nitrogen and oxygen atoms in total. The maximum Gasteiger partial charge on any atom is 0.361 e. The van der Waals surface area contributed by atoms with Crippen LogP contribution in [0.4, 0.5) is 0 Å². The number of carbonyl (C=O) groups is 1. The Morgan fingerprint density at radius 3 is 2.89 bits per heavy atom. The molecule has 0 saturated carbocycles. The summed E-state index contributed by atoms with van der Waals surface area (Å²) in [6.07, 6.45) is 0. The molecule has 0 fully saturated rings. The smallest absolute Gasteiger partial charge is 0.361 e. The van der Waals surface area contributed by atoms with Crippen molar-refractivity contribution in [2.75, 3.05) is 13.7 Å². The van der Waals surface area contributed by atoms with E-state index in [-0.39, 0.29) is 12.3 Å². The van der Waals surface area contributed by atoms with E-state index in [1.54, 1.807) is 25.5 Å². The molecule has 1 N–H and O–H groups in total. The molecule has 2 rings (SSSR count). The summed E-state index contributed by atoms with van der Waals surface area (Å²) in [6.45, 7) is 1.91. The first-order valence-electron chi connectivity index (χ1n) is 5.66. The molecule has 2 aromatic rings. The molecule has 0 aliphatic carbocycles. The number of oxime groups is 1. The van der Waals surface area contributed by atoms with Gasteiger partial charge in [-0.25, -0.2) is 4.79 Å². The van der Waals surface area contributed by atoms with Gasteiger partial charge < -0.3 is 14.7 Å². The van der Waals surface area contributed by atoms with E-state index in [4.69, 9.17) is 14.7 Å². The van der Waals surface area contributed by atoms with Crippen LogP contribution in [0.1, 0.15) is 12.5 Å². The number of hydrogen-bond donors (Lipinski definition) is 1. The largest absolute Gasteiger partial charge is 0.496 e. The van der Waals surface area contributed by atoms with Crippen molar-refractivity contribution in [3.8, 4) is 5.75 Å². The van der Waals surface area contributed by atoms with Gasteiger partial charge >= 0.3 is 5.97 Å². The van der Waals surface area contributed by atoms with Crippen molar-refractivity contribution in [1.82, 2.24) is 0 Å². The second kappa shape index (κ2) is 5.71. The van der Waals surface area contributed by atoms with Crippen LogP contribution in [-0.2, 0) is 9.53 Å². The predicted molar refractivity (Wildman–Crippen MR) is 73.3 cm³/mol. The Labute approximate surface area is 114 Å². The average Bonchev–Trinajstić information content (AvgIpc) is 2.84. The molecule has 0 spiro atoms.